The number of aliphatic imine (C=N–C) groups is 1. The van der Waals surface area contributed by atoms with Crippen LogP contribution in [0.2, 0.25) is 0 Å². The van der Waals surface area contributed by atoms with E-state index >= 15 is 0 Å². The molecule has 7 heteroatoms. The van der Waals surface area contributed by atoms with E-state index in [9.17, 15) is 0 Å². The Labute approximate surface area is 185 Å². The van der Waals surface area contributed by atoms with Crippen molar-refractivity contribution >= 4 is 5.96 Å². The van der Waals surface area contributed by atoms with E-state index in [-0.39, 0.29) is 0 Å². The Balaban J connectivity index is 1.52. The van der Waals surface area contributed by atoms with Crippen LogP contribution in [-0.4, -0.2) is 44.4 Å². The number of aryl methyl sites for hydroxylation is 1. The number of hydrogen-bond donors (Lipinski definition) is 2. The van der Waals surface area contributed by atoms with Crippen LogP contribution >= 0.6 is 0 Å². The van der Waals surface area contributed by atoms with Crippen LogP contribution in [-0.2, 0) is 17.8 Å². The van der Waals surface area contributed by atoms with Crippen LogP contribution in [0.3, 0.4) is 0 Å². The number of aromatic nitrogens is 1. The Bertz CT molecular complexity index is 850. The molecule has 1 aliphatic rings. The molecular weight excluding hydrogens is 392 g/mol. The highest BCUT2D eigenvalue weighted by Crippen LogP contribution is 2.23. The predicted molar refractivity (Wildman–Crippen MR) is 123 cm³/mol. The monoisotopic (exact) mass is 426 g/mol. The van der Waals surface area contributed by atoms with Gasteiger partial charge in [-0.2, -0.15) is 0 Å². The van der Waals surface area contributed by atoms with Crippen molar-refractivity contribution in [1.82, 2.24) is 15.6 Å². The molecule has 0 unspecified atom stereocenters. The van der Waals surface area contributed by atoms with Crippen LogP contribution in [0.1, 0.15) is 42.4 Å². The van der Waals surface area contributed by atoms with Crippen LogP contribution in [0.4, 0.5) is 0 Å². The third kappa shape index (κ3) is 7.43. The van der Waals surface area contributed by atoms with Gasteiger partial charge < -0.3 is 24.8 Å². The first-order valence-corrected chi connectivity index (χ1v) is 11.0. The molecule has 0 aliphatic heterocycles. The fraction of sp³-hybridized carbons (Fsp3) is 0.500. The molecule has 1 heterocycles. The zero-order valence-corrected chi connectivity index (χ0v) is 18.8. The maximum absolute atomic E-state index is 6.01. The highest BCUT2D eigenvalue weighted by atomic mass is 16.5. The van der Waals surface area contributed by atoms with Gasteiger partial charge in [0.25, 0.3) is 0 Å². The van der Waals surface area contributed by atoms with Crippen LogP contribution in [0.15, 0.2) is 41.5 Å². The van der Waals surface area contributed by atoms with Crippen molar-refractivity contribution in [3.05, 3.63) is 53.2 Å². The van der Waals surface area contributed by atoms with Gasteiger partial charge in [-0.1, -0.05) is 12.1 Å². The summed E-state index contributed by atoms with van der Waals surface area (Å²) in [5.41, 5.74) is 3.33. The molecule has 0 spiro atoms. The van der Waals surface area contributed by atoms with Crippen molar-refractivity contribution < 1.29 is 14.2 Å². The summed E-state index contributed by atoms with van der Waals surface area (Å²) >= 11 is 0. The Morgan fingerprint density at radius 2 is 1.90 bits per heavy atom. The number of pyridine rings is 1. The van der Waals surface area contributed by atoms with E-state index in [0.29, 0.717) is 38.3 Å². The standard InChI is InChI=1S/C24H34N4O3/c1-18-8-9-20(22(14-18)30-13-12-29-3)17-28-24(25-2)27-16-19-10-11-26-23(15-19)31-21-6-4-5-7-21/h8-11,14-15,21H,4-7,12-13,16-17H2,1-3H3,(H2,25,27,28). The van der Waals surface area contributed by atoms with E-state index < -0.39 is 0 Å². The van der Waals surface area contributed by atoms with Crippen molar-refractivity contribution in [2.75, 3.05) is 27.4 Å². The molecule has 0 radical (unpaired) electrons. The Morgan fingerprint density at radius 3 is 2.68 bits per heavy atom. The van der Waals surface area contributed by atoms with Crippen LogP contribution in [0.5, 0.6) is 11.6 Å². The van der Waals surface area contributed by atoms with Gasteiger partial charge in [0.15, 0.2) is 5.96 Å². The lowest BCUT2D eigenvalue weighted by molar-refractivity contribution is 0.145. The van der Waals surface area contributed by atoms with Crippen LogP contribution in [0, 0.1) is 6.92 Å². The SMILES string of the molecule is CN=C(NCc1ccnc(OC2CCCC2)c1)NCc1ccc(C)cc1OCCOC. The molecule has 1 aromatic carbocycles. The summed E-state index contributed by atoms with van der Waals surface area (Å²) in [4.78, 5) is 8.69. The molecule has 2 N–H and O–H groups in total. The first-order chi connectivity index (χ1) is 15.2. The molecule has 168 valence electrons. The minimum Gasteiger partial charge on any atom is -0.491 e. The first-order valence-electron chi connectivity index (χ1n) is 11.0. The zero-order chi connectivity index (χ0) is 21.9. The first kappa shape index (κ1) is 22.9. The number of benzene rings is 1. The Kier molecular flexibility index (Phi) is 8.97. The zero-order valence-electron chi connectivity index (χ0n) is 18.8. The molecule has 31 heavy (non-hydrogen) atoms. The van der Waals surface area contributed by atoms with Crippen molar-refractivity contribution in [2.45, 2.75) is 51.8 Å². The number of ether oxygens (including phenoxy) is 3. The lowest BCUT2D eigenvalue weighted by Gasteiger charge is -2.16. The van der Waals surface area contributed by atoms with Gasteiger partial charge in [0.05, 0.1) is 6.61 Å². The summed E-state index contributed by atoms with van der Waals surface area (Å²) in [5, 5.41) is 6.72. The lowest BCUT2D eigenvalue weighted by Crippen LogP contribution is -2.36. The molecular formula is C24H34N4O3. The van der Waals surface area contributed by atoms with Gasteiger partial charge >= 0.3 is 0 Å². The third-order valence-electron chi connectivity index (χ3n) is 5.29. The molecule has 1 aliphatic carbocycles. The average molecular weight is 427 g/mol. The van der Waals surface area contributed by atoms with E-state index in [0.717, 1.165) is 41.2 Å². The minimum absolute atomic E-state index is 0.306. The van der Waals surface area contributed by atoms with Crippen LogP contribution < -0.4 is 20.1 Å². The second-order valence-corrected chi connectivity index (χ2v) is 7.76. The van der Waals surface area contributed by atoms with Gasteiger partial charge in [-0.15, -0.1) is 0 Å². The topological polar surface area (TPSA) is 77.0 Å². The highest BCUT2D eigenvalue weighted by Gasteiger charge is 2.17. The molecule has 0 atom stereocenters. The number of hydrogen-bond acceptors (Lipinski definition) is 5. The largest absolute Gasteiger partial charge is 0.491 e. The highest BCUT2D eigenvalue weighted by molar-refractivity contribution is 5.79. The van der Waals surface area contributed by atoms with Crippen molar-refractivity contribution in [2.24, 2.45) is 4.99 Å². The number of guanidine groups is 1. The molecule has 1 saturated carbocycles. The summed E-state index contributed by atoms with van der Waals surface area (Å²) in [7, 11) is 3.44. The van der Waals surface area contributed by atoms with Crippen molar-refractivity contribution in [1.29, 1.82) is 0 Å². The van der Waals surface area contributed by atoms with E-state index in [4.69, 9.17) is 14.2 Å². The fourth-order valence-electron chi connectivity index (χ4n) is 3.56. The Hall–Kier alpha value is -2.80. The van der Waals surface area contributed by atoms with Crippen LogP contribution in [0.25, 0.3) is 0 Å². The molecule has 7 nitrogen and oxygen atoms in total. The van der Waals surface area contributed by atoms with E-state index in [1.54, 1.807) is 20.4 Å². The summed E-state index contributed by atoms with van der Waals surface area (Å²) in [5.74, 6) is 2.29. The van der Waals surface area contributed by atoms with Crippen molar-refractivity contribution in [3.8, 4) is 11.6 Å². The van der Waals surface area contributed by atoms with E-state index in [1.165, 1.54) is 12.8 Å². The minimum atomic E-state index is 0.306. The number of nitrogens with zero attached hydrogens (tertiary/aromatic N) is 2. The fourth-order valence-corrected chi connectivity index (χ4v) is 3.56. The number of nitrogens with one attached hydrogen (secondary N) is 2. The summed E-state index contributed by atoms with van der Waals surface area (Å²) in [6, 6.07) is 10.2. The molecule has 1 fully saturated rings. The van der Waals surface area contributed by atoms with Gasteiger partial charge in [-0.3, -0.25) is 4.99 Å². The Morgan fingerprint density at radius 1 is 1.10 bits per heavy atom. The second kappa shape index (κ2) is 12.2. The summed E-state index contributed by atoms with van der Waals surface area (Å²) in [6.45, 7) is 4.37. The van der Waals surface area contributed by atoms with Crippen molar-refractivity contribution in [3.63, 3.8) is 0 Å². The maximum Gasteiger partial charge on any atom is 0.213 e. The van der Waals surface area contributed by atoms with Gasteiger partial charge in [0.2, 0.25) is 5.88 Å². The smallest absolute Gasteiger partial charge is 0.213 e. The molecule has 1 aromatic heterocycles. The molecule has 0 saturated heterocycles. The number of methoxy groups -OCH3 is 1. The lowest BCUT2D eigenvalue weighted by atomic mass is 10.1. The number of rotatable bonds is 10. The normalized spacial score (nSPS) is 14.5. The molecule has 0 bridgehead atoms. The quantitative estimate of drug-likeness (QED) is 0.343. The van der Waals surface area contributed by atoms with Gasteiger partial charge in [0.1, 0.15) is 18.5 Å². The van der Waals surface area contributed by atoms with Gasteiger partial charge in [-0.25, -0.2) is 4.98 Å². The summed E-state index contributed by atoms with van der Waals surface area (Å²) < 4.78 is 17.0. The van der Waals surface area contributed by atoms with Gasteiger partial charge in [-0.05, 0) is 55.9 Å². The third-order valence-corrected chi connectivity index (χ3v) is 5.29. The van der Waals surface area contributed by atoms with E-state index in [2.05, 4.69) is 39.7 Å². The predicted octanol–water partition coefficient (Wildman–Crippen LogP) is 3.60. The molecule has 3 rings (SSSR count). The molecule has 2 aromatic rings. The molecule has 0 amide bonds. The van der Waals surface area contributed by atoms with E-state index in [1.807, 2.05) is 18.2 Å². The maximum atomic E-state index is 6.01. The van der Waals surface area contributed by atoms with Gasteiger partial charge in [0, 0.05) is 45.1 Å². The summed E-state index contributed by atoms with van der Waals surface area (Å²) in [6.07, 6.45) is 6.84. The second-order valence-electron chi connectivity index (χ2n) is 7.76. The average Bonchev–Trinajstić information content (AvgIpc) is 3.28.